The van der Waals surface area contributed by atoms with E-state index in [1.807, 2.05) is 24.3 Å². The van der Waals surface area contributed by atoms with Crippen LogP contribution in [0.4, 0.5) is 5.69 Å². The molecular formula is C18H17NO5. The molecule has 6 nitrogen and oxygen atoms in total. The van der Waals surface area contributed by atoms with Crippen molar-refractivity contribution in [3.63, 3.8) is 0 Å². The highest BCUT2D eigenvalue weighted by Crippen LogP contribution is 2.16. The van der Waals surface area contributed by atoms with Crippen molar-refractivity contribution in [3.8, 4) is 5.75 Å². The summed E-state index contributed by atoms with van der Waals surface area (Å²) in [6, 6.07) is 13.5. The van der Waals surface area contributed by atoms with E-state index in [0.717, 1.165) is 11.1 Å². The van der Waals surface area contributed by atoms with E-state index in [2.05, 4.69) is 0 Å². The number of carbonyl (C=O) groups excluding carboxylic acids is 1. The number of rotatable bonds is 7. The quantitative estimate of drug-likeness (QED) is 0.335. The van der Waals surface area contributed by atoms with E-state index in [1.54, 1.807) is 31.2 Å². The summed E-state index contributed by atoms with van der Waals surface area (Å²) in [6.45, 7) is 1.95. The molecule has 0 aliphatic rings. The van der Waals surface area contributed by atoms with E-state index < -0.39 is 10.9 Å². The summed E-state index contributed by atoms with van der Waals surface area (Å²) >= 11 is 0. The summed E-state index contributed by atoms with van der Waals surface area (Å²) in [6.07, 6.45) is 3.74. The topological polar surface area (TPSA) is 78.7 Å². The number of benzene rings is 2. The van der Waals surface area contributed by atoms with E-state index in [0.29, 0.717) is 12.4 Å². The van der Waals surface area contributed by atoms with Crippen molar-refractivity contribution in [2.24, 2.45) is 0 Å². The summed E-state index contributed by atoms with van der Waals surface area (Å²) in [7, 11) is 0. The van der Waals surface area contributed by atoms with Crippen molar-refractivity contribution in [2.75, 3.05) is 13.2 Å². The lowest BCUT2D eigenvalue weighted by atomic mass is 10.1. The number of non-ortho nitro benzene ring substituents is 1. The van der Waals surface area contributed by atoms with Crippen LogP contribution in [-0.2, 0) is 9.53 Å². The number of esters is 1. The third kappa shape index (κ3) is 5.24. The molecule has 0 fully saturated rings. The van der Waals surface area contributed by atoms with Crippen LogP contribution in [0.25, 0.3) is 12.2 Å². The fourth-order valence-corrected chi connectivity index (χ4v) is 1.92. The molecule has 0 aliphatic carbocycles. The lowest BCUT2D eigenvalue weighted by molar-refractivity contribution is -0.384. The minimum atomic E-state index is -0.428. The monoisotopic (exact) mass is 327 g/mol. The number of nitro groups is 1. The van der Waals surface area contributed by atoms with Gasteiger partial charge in [0.2, 0.25) is 0 Å². The number of nitro benzene ring substituents is 1. The molecule has 0 saturated heterocycles. The van der Waals surface area contributed by atoms with Gasteiger partial charge in [-0.05, 0) is 42.3 Å². The molecule has 0 aliphatic heterocycles. The third-order valence-corrected chi connectivity index (χ3v) is 3.11. The van der Waals surface area contributed by atoms with Crippen LogP contribution < -0.4 is 4.74 Å². The van der Waals surface area contributed by atoms with Gasteiger partial charge in [0.05, 0.1) is 11.5 Å². The molecule has 6 heteroatoms. The van der Waals surface area contributed by atoms with Crippen molar-refractivity contribution in [1.29, 1.82) is 0 Å². The number of nitrogens with zero attached hydrogens (tertiary/aromatic N) is 1. The molecule has 0 radical (unpaired) electrons. The Morgan fingerprint density at radius 1 is 1.04 bits per heavy atom. The van der Waals surface area contributed by atoms with E-state index in [-0.39, 0.29) is 12.3 Å². The van der Waals surface area contributed by atoms with Gasteiger partial charge in [0, 0.05) is 12.1 Å². The van der Waals surface area contributed by atoms with Crippen LogP contribution in [0.5, 0.6) is 5.75 Å². The second-order valence-corrected chi connectivity index (χ2v) is 4.84. The molecule has 0 bridgehead atoms. The fourth-order valence-electron chi connectivity index (χ4n) is 1.92. The highest BCUT2D eigenvalue weighted by atomic mass is 16.6. The van der Waals surface area contributed by atoms with Crippen LogP contribution in [-0.4, -0.2) is 24.1 Å². The van der Waals surface area contributed by atoms with Crippen LogP contribution in [0.15, 0.2) is 48.5 Å². The minimum Gasteiger partial charge on any atom is -0.482 e. The van der Waals surface area contributed by atoms with Gasteiger partial charge in [-0.25, -0.2) is 4.79 Å². The largest absolute Gasteiger partial charge is 0.482 e. The first-order valence-electron chi connectivity index (χ1n) is 7.39. The molecule has 0 aromatic heterocycles. The highest BCUT2D eigenvalue weighted by molar-refractivity contribution is 5.71. The van der Waals surface area contributed by atoms with Gasteiger partial charge in [0.25, 0.3) is 5.69 Å². The lowest BCUT2D eigenvalue weighted by Crippen LogP contribution is -2.14. The van der Waals surface area contributed by atoms with E-state index in [1.165, 1.54) is 12.1 Å². The molecule has 0 amide bonds. The van der Waals surface area contributed by atoms with Gasteiger partial charge in [-0.1, -0.05) is 24.3 Å². The van der Waals surface area contributed by atoms with Crippen LogP contribution in [0.2, 0.25) is 0 Å². The maximum absolute atomic E-state index is 11.2. The molecule has 0 spiro atoms. The van der Waals surface area contributed by atoms with E-state index in [9.17, 15) is 14.9 Å². The second-order valence-electron chi connectivity index (χ2n) is 4.84. The van der Waals surface area contributed by atoms with E-state index in [4.69, 9.17) is 9.47 Å². The summed E-state index contributed by atoms with van der Waals surface area (Å²) in [5, 5.41) is 10.6. The molecule has 0 unspecified atom stereocenters. The Bertz CT molecular complexity index is 720. The molecular weight excluding hydrogens is 310 g/mol. The van der Waals surface area contributed by atoms with Gasteiger partial charge in [0.15, 0.2) is 6.61 Å². The summed E-state index contributed by atoms with van der Waals surface area (Å²) in [5.74, 6) is 0.176. The van der Waals surface area contributed by atoms with Crippen molar-refractivity contribution in [2.45, 2.75) is 6.92 Å². The molecule has 24 heavy (non-hydrogen) atoms. The van der Waals surface area contributed by atoms with Crippen molar-refractivity contribution in [1.82, 2.24) is 0 Å². The molecule has 2 aromatic carbocycles. The predicted molar refractivity (Wildman–Crippen MR) is 90.6 cm³/mol. The molecule has 0 heterocycles. The van der Waals surface area contributed by atoms with Crippen LogP contribution in [0.3, 0.4) is 0 Å². The average Bonchev–Trinajstić information content (AvgIpc) is 2.59. The number of carbonyl (C=O) groups is 1. The number of hydrogen-bond acceptors (Lipinski definition) is 5. The first kappa shape index (κ1) is 17.2. The third-order valence-electron chi connectivity index (χ3n) is 3.11. The first-order valence-corrected chi connectivity index (χ1v) is 7.39. The number of ether oxygens (including phenoxy) is 2. The Kier molecular flexibility index (Phi) is 6.08. The smallest absolute Gasteiger partial charge is 0.344 e. The maximum atomic E-state index is 11.2. The Morgan fingerprint density at radius 3 is 2.08 bits per heavy atom. The molecule has 2 aromatic rings. The summed E-state index contributed by atoms with van der Waals surface area (Å²) in [4.78, 5) is 21.4. The summed E-state index contributed by atoms with van der Waals surface area (Å²) in [5.41, 5.74) is 1.87. The van der Waals surface area contributed by atoms with Crippen molar-refractivity contribution >= 4 is 23.8 Å². The zero-order valence-electron chi connectivity index (χ0n) is 13.2. The van der Waals surface area contributed by atoms with Gasteiger partial charge < -0.3 is 9.47 Å². The SMILES string of the molecule is CCOC(=O)COc1ccc(/C=C/c2ccc([N+](=O)[O-])cc2)cc1. The minimum absolute atomic E-state index is 0.0650. The second kappa shape index (κ2) is 8.47. The van der Waals surface area contributed by atoms with Crippen LogP contribution in [0.1, 0.15) is 18.1 Å². The van der Waals surface area contributed by atoms with Gasteiger partial charge >= 0.3 is 5.97 Å². The number of hydrogen-bond donors (Lipinski definition) is 0. The molecule has 0 atom stereocenters. The van der Waals surface area contributed by atoms with Crippen LogP contribution in [0, 0.1) is 10.1 Å². The van der Waals surface area contributed by atoms with E-state index >= 15 is 0 Å². The maximum Gasteiger partial charge on any atom is 0.344 e. The Labute approximate surface area is 139 Å². The molecule has 2 rings (SSSR count). The fraction of sp³-hybridized carbons (Fsp3) is 0.167. The van der Waals surface area contributed by atoms with Crippen molar-refractivity contribution < 1.29 is 19.2 Å². The molecule has 0 N–H and O–H groups in total. The van der Waals surface area contributed by atoms with Crippen LogP contribution >= 0.6 is 0 Å². The molecule has 0 saturated carbocycles. The Hall–Kier alpha value is -3.15. The standard InChI is InChI=1S/C18H17NO5/c1-2-23-18(20)13-24-17-11-7-15(8-12-17)4-3-14-5-9-16(10-6-14)19(21)22/h3-12H,2,13H2,1H3/b4-3+. The summed E-state index contributed by atoms with van der Waals surface area (Å²) < 4.78 is 10.1. The van der Waals surface area contributed by atoms with Gasteiger partial charge in [-0.3, -0.25) is 10.1 Å². The zero-order chi connectivity index (χ0) is 17.4. The first-order chi connectivity index (χ1) is 11.6. The van der Waals surface area contributed by atoms with Gasteiger partial charge in [-0.2, -0.15) is 0 Å². The Balaban J connectivity index is 1.93. The zero-order valence-corrected chi connectivity index (χ0v) is 13.2. The van der Waals surface area contributed by atoms with Gasteiger partial charge in [0.1, 0.15) is 5.75 Å². The van der Waals surface area contributed by atoms with Crippen molar-refractivity contribution in [3.05, 3.63) is 69.8 Å². The lowest BCUT2D eigenvalue weighted by Gasteiger charge is -2.05. The normalized spacial score (nSPS) is 10.5. The van der Waals surface area contributed by atoms with Gasteiger partial charge in [-0.15, -0.1) is 0 Å². The molecule has 124 valence electrons. The average molecular weight is 327 g/mol. The predicted octanol–water partition coefficient (Wildman–Crippen LogP) is 3.71. The highest BCUT2D eigenvalue weighted by Gasteiger charge is 2.03. The Morgan fingerprint density at radius 2 is 1.58 bits per heavy atom.